The Labute approximate surface area is 112 Å². The molecule has 5 nitrogen and oxygen atoms in total. The number of aryl methyl sites for hydroxylation is 1. The lowest BCUT2D eigenvalue weighted by Crippen LogP contribution is -2.30. The molecule has 0 saturated carbocycles. The van der Waals surface area contributed by atoms with E-state index in [0.717, 1.165) is 5.56 Å². The zero-order chi connectivity index (χ0) is 14.7. The van der Waals surface area contributed by atoms with Gasteiger partial charge in [0.1, 0.15) is 5.75 Å². The van der Waals surface area contributed by atoms with Crippen molar-refractivity contribution in [1.82, 2.24) is 0 Å². The number of amides is 1. The number of aliphatic carboxylic acids is 1. The van der Waals surface area contributed by atoms with E-state index in [1.54, 1.807) is 32.9 Å². The molecule has 1 aromatic carbocycles. The van der Waals surface area contributed by atoms with E-state index in [2.05, 4.69) is 5.32 Å². The van der Waals surface area contributed by atoms with Gasteiger partial charge in [0.25, 0.3) is 0 Å². The molecular weight excluding hydrogens is 246 g/mol. The Balaban J connectivity index is 2.89. The third kappa shape index (κ3) is 3.24. The summed E-state index contributed by atoms with van der Waals surface area (Å²) >= 11 is 0. The van der Waals surface area contributed by atoms with E-state index in [-0.39, 0.29) is 11.7 Å². The van der Waals surface area contributed by atoms with E-state index in [9.17, 15) is 14.7 Å². The number of phenols is 1. The zero-order valence-electron chi connectivity index (χ0n) is 11.5. The highest BCUT2D eigenvalue weighted by Crippen LogP contribution is 2.28. The lowest BCUT2D eigenvalue weighted by atomic mass is 9.95. The summed E-state index contributed by atoms with van der Waals surface area (Å²) in [6.45, 7) is 6.52. The van der Waals surface area contributed by atoms with Gasteiger partial charge in [-0.25, -0.2) is 0 Å². The third-order valence-corrected chi connectivity index (χ3v) is 3.44. The quantitative estimate of drug-likeness (QED) is 0.779. The summed E-state index contributed by atoms with van der Waals surface area (Å²) in [5, 5.41) is 21.3. The summed E-state index contributed by atoms with van der Waals surface area (Å²) in [5.74, 6) is -2.66. The molecule has 0 fully saturated rings. The highest BCUT2D eigenvalue weighted by Gasteiger charge is 2.26. The number of phenolic OH excluding ortho intramolecular Hbond substituents is 1. The lowest BCUT2D eigenvalue weighted by Gasteiger charge is -2.17. The van der Waals surface area contributed by atoms with Gasteiger partial charge in [-0.2, -0.15) is 0 Å². The molecule has 0 heterocycles. The summed E-state index contributed by atoms with van der Waals surface area (Å²) in [6, 6.07) is 3.39. The average molecular weight is 265 g/mol. The Morgan fingerprint density at radius 2 is 1.74 bits per heavy atom. The number of nitrogens with one attached hydrogen (secondary N) is 1. The van der Waals surface area contributed by atoms with Crippen molar-refractivity contribution in [1.29, 1.82) is 0 Å². The summed E-state index contributed by atoms with van der Waals surface area (Å²) in [6.07, 6.45) is 0. The predicted molar refractivity (Wildman–Crippen MR) is 72.2 cm³/mol. The zero-order valence-corrected chi connectivity index (χ0v) is 11.5. The van der Waals surface area contributed by atoms with Crippen LogP contribution in [0.3, 0.4) is 0 Å². The molecule has 2 unspecified atom stereocenters. The van der Waals surface area contributed by atoms with Gasteiger partial charge in [0, 0.05) is 17.2 Å². The van der Waals surface area contributed by atoms with E-state index < -0.39 is 17.8 Å². The van der Waals surface area contributed by atoms with Crippen LogP contribution in [0.15, 0.2) is 12.1 Å². The Kier molecular flexibility index (Phi) is 4.53. The first-order valence-electron chi connectivity index (χ1n) is 6.08. The number of rotatable bonds is 4. The number of carbonyl (C=O) groups excluding carboxylic acids is 1. The van der Waals surface area contributed by atoms with Crippen LogP contribution < -0.4 is 5.32 Å². The fourth-order valence-corrected chi connectivity index (χ4v) is 1.66. The van der Waals surface area contributed by atoms with Crippen LogP contribution in [0.25, 0.3) is 0 Å². The van der Waals surface area contributed by atoms with Crippen molar-refractivity contribution in [3.8, 4) is 5.75 Å². The second-order valence-corrected chi connectivity index (χ2v) is 4.81. The van der Waals surface area contributed by atoms with Crippen LogP contribution in [0.1, 0.15) is 25.0 Å². The molecule has 5 heteroatoms. The molecule has 0 aliphatic carbocycles. The molecule has 0 saturated heterocycles. The molecule has 0 radical (unpaired) electrons. The van der Waals surface area contributed by atoms with Crippen LogP contribution in [-0.2, 0) is 9.59 Å². The summed E-state index contributed by atoms with van der Waals surface area (Å²) in [4.78, 5) is 22.8. The van der Waals surface area contributed by atoms with Crippen LogP contribution in [0.5, 0.6) is 5.75 Å². The number of benzene rings is 1. The molecule has 1 rings (SSSR count). The minimum Gasteiger partial charge on any atom is -0.507 e. The van der Waals surface area contributed by atoms with Gasteiger partial charge in [0.05, 0.1) is 5.92 Å². The van der Waals surface area contributed by atoms with Crippen molar-refractivity contribution in [2.75, 3.05) is 5.32 Å². The van der Waals surface area contributed by atoms with Crippen molar-refractivity contribution in [2.24, 2.45) is 11.8 Å². The first kappa shape index (κ1) is 15.0. The molecule has 19 heavy (non-hydrogen) atoms. The monoisotopic (exact) mass is 265 g/mol. The summed E-state index contributed by atoms with van der Waals surface area (Å²) < 4.78 is 0. The van der Waals surface area contributed by atoms with Crippen molar-refractivity contribution in [3.05, 3.63) is 23.3 Å². The molecule has 3 N–H and O–H groups in total. The van der Waals surface area contributed by atoms with Crippen molar-refractivity contribution >= 4 is 17.6 Å². The smallest absolute Gasteiger partial charge is 0.307 e. The summed E-state index contributed by atoms with van der Waals surface area (Å²) in [7, 11) is 0. The predicted octanol–water partition coefficient (Wildman–Crippen LogP) is 2.30. The van der Waals surface area contributed by atoms with Crippen LogP contribution in [-0.4, -0.2) is 22.1 Å². The van der Waals surface area contributed by atoms with E-state index in [1.165, 1.54) is 6.92 Å². The lowest BCUT2D eigenvalue weighted by molar-refractivity contribution is -0.145. The fourth-order valence-electron chi connectivity index (χ4n) is 1.66. The Morgan fingerprint density at radius 1 is 1.16 bits per heavy atom. The van der Waals surface area contributed by atoms with Crippen LogP contribution in [0.2, 0.25) is 0 Å². The van der Waals surface area contributed by atoms with Gasteiger partial charge < -0.3 is 15.5 Å². The first-order valence-corrected chi connectivity index (χ1v) is 6.08. The van der Waals surface area contributed by atoms with E-state index in [0.29, 0.717) is 11.3 Å². The highest BCUT2D eigenvalue weighted by molar-refractivity contribution is 5.95. The number of aromatic hydroxyl groups is 1. The minimum absolute atomic E-state index is 0.136. The van der Waals surface area contributed by atoms with Crippen LogP contribution in [0.4, 0.5) is 5.69 Å². The second-order valence-electron chi connectivity index (χ2n) is 4.81. The van der Waals surface area contributed by atoms with Gasteiger partial charge in [-0.1, -0.05) is 19.9 Å². The Bertz CT molecular complexity index is 510. The number of carboxylic acids is 1. The Morgan fingerprint density at radius 3 is 2.26 bits per heavy atom. The molecule has 0 aliphatic rings. The van der Waals surface area contributed by atoms with Crippen LogP contribution in [0, 0.1) is 25.7 Å². The molecule has 0 aromatic heterocycles. The molecule has 0 bridgehead atoms. The number of carbonyl (C=O) groups is 2. The van der Waals surface area contributed by atoms with Gasteiger partial charge in [0.15, 0.2) is 0 Å². The highest BCUT2D eigenvalue weighted by atomic mass is 16.4. The largest absolute Gasteiger partial charge is 0.507 e. The van der Waals surface area contributed by atoms with Gasteiger partial charge in [-0.05, 0) is 25.5 Å². The number of hydrogen-bond donors (Lipinski definition) is 3. The standard InChI is InChI=1S/C14H19NO4/c1-7-5-6-11(10(4)12(7)16)15-13(17)8(2)9(3)14(18)19/h5-6,8-9,16H,1-4H3,(H,15,17)(H,18,19). The third-order valence-electron chi connectivity index (χ3n) is 3.44. The average Bonchev–Trinajstić information content (AvgIpc) is 2.37. The van der Waals surface area contributed by atoms with E-state index in [4.69, 9.17) is 5.11 Å². The van der Waals surface area contributed by atoms with Gasteiger partial charge >= 0.3 is 5.97 Å². The summed E-state index contributed by atoms with van der Waals surface area (Å²) in [5.41, 5.74) is 1.79. The van der Waals surface area contributed by atoms with Crippen LogP contribution >= 0.6 is 0 Å². The number of anilines is 1. The van der Waals surface area contributed by atoms with E-state index in [1.807, 2.05) is 0 Å². The van der Waals surface area contributed by atoms with Crippen molar-refractivity contribution in [2.45, 2.75) is 27.7 Å². The molecule has 2 atom stereocenters. The van der Waals surface area contributed by atoms with Gasteiger partial charge in [-0.15, -0.1) is 0 Å². The topological polar surface area (TPSA) is 86.6 Å². The molecule has 0 spiro atoms. The SMILES string of the molecule is Cc1ccc(NC(=O)C(C)C(C)C(=O)O)c(C)c1O. The maximum Gasteiger partial charge on any atom is 0.307 e. The maximum absolute atomic E-state index is 12.0. The molecule has 0 aliphatic heterocycles. The molecular formula is C14H19NO4. The van der Waals surface area contributed by atoms with Crippen molar-refractivity contribution in [3.63, 3.8) is 0 Å². The molecule has 1 amide bonds. The fraction of sp³-hybridized carbons (Fsp3) is 0.429. The second kappa shape index (κ2) is 5.73. The van der Waals surface area contributed by atoms with Crippen molar-refractivity contribution < 1.29 is 19.8 Å². The Hall–Kier alpha value is -2.04. The normalized spacial score (nSPS) is 13.7. The number of hydrogen-bond acceptors (Lipinski definition) is 3. The minimum atomic E-state index is -1.01. The first-order chi connectivity index (χ1) is 8.75. The number of carboxylic acid groups (broad SMARTS) is 1. The molecule has 104 valence electrons. The van der Waals surface area contributed by atoms with Gasteiger partial charge in [0.2, 0.25) is 5.91 Å². The molecule has 1 aromatic rings. The van der Waals surface area contributed by atoms with Gasteiger partial charge in [-0.3, -0.25) is 9.59 Å². The van der Waals surface area contributed by atoms with E-state index >= 15 is 0 Å². The maximum atomic E-state index is 12.0.